The number of nitrogens with zero attached hydrogens (tertiary/aromatic N) is 2. The SMILES string of the molecule is COCCNS(=O)(=O)c1ccc(C)c(C(=O)N(C)Cc2ccccc2N2CCOCC2)c1. The van der Waals surface area contributed by atoms with Gasteiger partial charge in [-0.15, -0.1) is 0 Å². The normalized spacial score (nSPS) is 14.4. The average molecular weight is 462 g/mol. The minimum Gasteiger partial charge on any atom is -0.383 e. The smallest absolute Gasteiger partial charge is 0.254 e. The van der Waals surface area contributed by atoms with E-state index in [-0.39, 0.29) is 24.0 Å². The van der Waals surface area contributed by atoms with Crippen molar-refractivity contribution in [3.05, 3.63) is 59.2 Å². The van der Waals surface area contributed by atoms with Gasteiger partial charge in [-0.1, -0.05) is 24.3 Å². The average Bonchev–Trinajstić information content (AvgIpc) is 2.80. The van der Waals surface area contributed by atoms with Crippen molar-refractivity contribution in [2.75, 3.05) is 58.5 Å². The molecule has 0 bridgehead atoms. The van der Waals surface area contributed by atoms with Crippen LogP contribution >= 0.6 is 0 Å². The number of amides is 1. The Hall–Kier alpha value is -2.46. The summed E-state index contributed by atoms with van der Waals surface area (Å²) in [4.78, 5) is 17.2. The van der Waals surface area contributed by atoms with Gasteiger partial charge in [0.1, 0.15) is 0 Å². The summed E-state index contributed by atoms with van der Waals surface area (Å²) in [6.07, 6.45) is 0. The molecular weight excluding hydrogens is 430 g/mol. The second-order valence-corrected chi connectivity index (χ2v) is 9.52. The van der Waals surface area contributed by atoms with Gasteiger partial charge >= 0.3 is 0 Å². The summed E-state index contributed by atoms with van der Waals surface area (Å²) in [6.45, 7) is 5.63. The molecule has 0 radical (unpaired) electrons. The summed E-state index contributed by atoms with van der Waals surface area (Å²) >= 11 is 0. The van der Waals surface area contributed by atoms with E-state index in [4.69, 9.17) is 9.47 Å². The first kappa shape index (κ1) is 24.2. The fraction of sp³-hybridized carbons (Fsp3) is 0.435. The van der Waals surface area contributed by atoms with Crippen LogP contribution in [0.1, 0.15) is 21.5 Å². The molecule has 2 aromatic rings. The molecule has 2 aromatic carbocycles. The lowest BCUT2D eigenvalue weighted by molar-refractivity contribution is 0.0784. The molecule has 32 heavy (non-hydrogen) atoms. The number of aryl methyl sites for hydroxylation is 1. The van der Waals surface area contributed by atoms with Crippen LogP contribution in [0.4, 0.5) is 5.69 Å². The van der Waals surface area contributed by atoms with Gasteiger partial charge in [-0.3, -0.25) is 4.79 Å². The second kappa shape index (κ2) is 10.9. The van der Waals surface area contributed by atoms with Gasteiger partial charge in [0, 0.05) is 51.6 Å². The summed E-state index contributed by atoms with van der Waals surface area (Å²) < 4.78 is 38.0. The van der Waals surface area contributed by atoms with E-state index in [1.165, 1.54) is 19.2 Å². The van der Waals surface area contributed by atoms with E-state index in [0.29, 0.717) is 25.3 Å². The highest BCUT2D eigenvalue weighted by Crippen LogP contribution is 2.24. The summed E-state index contributed by atoms with van der Waals surface area (Å²) in [7, 11) is -0.494. The van der Waals surface area contributed by atoms with Crippen LogP contribution in [0.15, 0.2) is 47.4 Å². The first-order valence-corrected chi connectivity index (χ1v) is 12.1. The van der Waals surface area contributed by atoms with E-state index in [0.717, 1.165) is 29.9 Å². The lowest BCUT2D eigenvalue weighted by Crippen LogP contribution is -2.37. The van der Waals surface area contributed by atoms with Gasteiger partial charge in [-0.2, -0.15) is 0 Å². The van der Waals surface area contributed by atoms with E-state index >= 15 is 0 Å². The Balaban J connectivity index is 1.79. The lowest BCUT2D eigenvalue weighted by atomic mass is 10.1. The van der Waals surface area contributed by atoms with Gasteiger partial charge in [0.05, 0.1) is 24.7 Å². The number of anilines is 1. The van der Waals surface area contributed by atoms with E-state index in [1.807, 2.05) is 18.2 Å². The van der Waals surface area contributed by atoms with Gasteiger partial charge in [0.15, 0.2) is 0 Å². The Morgan fingerprint density at radius 3 is 2.62 bits per heavy atom. The first-order chi connectivity index (χ1) is 15.3. The first-order valence-electron chi connectivity index (χ1n) is 10.6. The van der Waals surface area contributed by atoms with Gasteiger partial charge in [-0.05, 0) is 36.2 Å². The largest absolute Gasteiger partial charge is 0.383 e. The van der Waals surface area contributed by atoms with Crippen molar-refractivity contribution in [2.45, 2.75) is 18.4 Å². The van der Waals surface area contributed by atoms with Gasteiger partial charge < -0.3 is 19.3 Å². The van der Waals surface area contributed by atoms with Crippen molar-refractivity contribution in [3.63, 3.8) is 0 Å². The zero-order valence-electron chi connectivity index (χ0n) is 18.8. The number of hydrogen-bond acceptors (Lipinski definition) is 6. The number of sulfonamides is 1. The molecule has 1 aliphatic heterocycles. The summed E-state index contributed by atoms with van der Waals surface area (Å²) in [5.74, 6) is -0.228. The molecule has 174 valence electrons. The fourth-order valence-electron chi connectivity index (χ4n) is 3.65. The van der Waals surface area contributed by atoms with Crippen molar-refractivity contribution in [1.29, 1.82) is 0 Å². The molecule has 0 unspecified atom stereocenters. The number of benzene rings is 2. The van der Waals surface area contributed by atoms with Crippen LogP contribution in [-0.4, -0.2) is 72.8 Å². The molecule has 1 heterocycles. The number of nitrogens with one attached hydrogen (secondary N) is 1. The molecule has 9 heteroatoms. The van der Waals surface area contributed by atoms with Crippen LogP contribution in [-0.2, 0) is 26.0 Å². The summed E-state index contributed by atoms with van der Waals surface area (Å²) in [5, 5.41) is 0. The number of morpholine rings is 1. The number of rotatable bonds is 9. The Labute approximate surface area is 190 Å². The van der Waals surface area contributed by atoms with Crippen molar-refractivity contribution in [1.82, 2.24) is 9.62 Å². The lowest BCUT2D eigenvalue weighted by Gasteiger charge is -2.31. The predicted molar refractivity (Wildman–Crippen MR) is 124 cm³/mol. The zero-order chi connectivity index (χ0) is 23.1. The number of carbonyl (C=O) groups excluding carboxylic acids is 1. The Kier molecular flexibility index (Phi) is 8.25. The quantitative estimate of drug-likeness (QED) is 0.575. The molecule has 1 N–H and O–H groups in total. The minimum absolute atomic E-state index is 0.0599. The maximum atomic E-state index is 13.3. The highest BCUT2D eigenvalue weighted by atomic mass is 32.2. The maximum absolute atomic E-state index is 13.3. The zero-order valence-corrected chi connectivity index (χ0v) is 19.7. The van der Waals surface area contributed by atoms with Crippen LogP contribution in [0.2, 0.25) is 0 Å². The standard InChI is InChI=1S/C23H31N3O5S/c1-18-8-9-20(32(28,29)24-10-13-30-3)16-21(18)23(27)25(2)17-19-6-4-5-7-22(19)26-11-14-31-15-12-26/h4-9,16,24H,10-15,17H2,1-3H3. The summed E-state index contributed by atoms with van der Waals surface area (Å²) in [5.41, 5.74) is 3.21. The van der Waals surface area contributed by atoms with Crippen molar-refractivity contribution in [3.8, 4) is 0 Å². The number of para-hydroxylation sites is 1. The van der Waals surface area contributed by atoms with Crippen LogP contribution in [0.25, 0.3) is 0 Å². The minimum atomic E-state index is -3.73. The monoisotopic (exact) mass is 461 g/mol. The molecule has 0 aliphatic carbocycles. The van der Waals surface area contributed by atoms with Crippen molar-refractivity contribution >= 4 is 21.6 Å². The third-order valence-electron chi connectivity index (χ3n) is 5.45. The van der Waals surface area contributed by atoms with Crippen LogP contribution in [0, 0.1) is 6.92 Å². The van der Waals surface area contributed by atoms with Crippen LogP contribution in [0.5, 0.6) is 0 Å². The summed E-state index contributed by atoms with van der Waals surface area (Å²) in [6, 6.07) is 12.6. The molecule has 1 fully saturated rings. The van der Waals surface area contributed by atoms with E-state index in [9.17, 15) is 13.2 Å². The van der Waals surface area contributed by atoms with Crippen molar-refractivity contribution in [2.24, 2.45) is 0 Å². The molecule has 1 amide bonds. The number of methoxy groups -OCH3 is 1. The predicted octanol–water partition coefficient (Wildman–Crippen LogP) is 2.03. The highest BCUT2D eigenvalue weighted by molar-refractivity contribution is 7.89. The third-order valence-corrected chi connectivity index (χ3v) is 6.90. The number of hydrogen-bond donors (Lipinski definition) is 1. The molecule has 0 aromatic heterocycles. The van der Waals surface area contributed by atoms with E-state index in [1.54, 1.807) is 24.9 Å². The molecule has 0 spiro atoms. The Bertz CT molecular complexity index is 1040. The third kappa shape index (κ3) is 5.86. The highest BCUT2D eigenvalue weighted by Gasteiger charge is 2.21. The molecule has 8 nitrogen and oxygen atoms in total. The number of ether oxygens (including phenoxy) is 2. The Morgan fingerprint density at radius 2 is 1.91 bits per heavy atom. The molecule has 1 aliphatic rings. The fourth-order valence-corrected chi connectivity index (χ4v) is 4.69. The molecule has 1 saturated heterocycles. The number of carbonyl (C=O) groups is 1. The molecular formula is C23H31N3O5S. The second-order valence-electron chi connectivity index (χ2n) is 7.76. The van der Waals surface area contributed by atoms with Crippen LogP contribution < -0.4 is 9.62 Å². The molecule has 3 rings (SSSR count). The van der Waals surface area contributed by atoms with Gasteiger partial charge in [0.2, 0.25) is 10.0 Å². The van der Waals surface area contributed by atoms with E-state index < -0.39 is 10.0 Å². The molecule has 0 atom stereocenters. The maximum Gasteiger partial charge on any atom is 0.254 e. The topological polar surface area (TPSA) is 88.2 Å². The van der Waals surface area contributed by atoms with Crippen molar-refractivity contribution < 1.29 is 22.7 Å². The molecule has 0 saturated carbocycles. The van der Waals surface area contributed by atoms with Gasteiger partial charge in [0.25, 0.3) is 5.91 Å². The van der Waals surface area contributed by atoms with Gasteiger partial charge in [-0.25, -0.2) is 13.1 Å². The van der Waals surface area contributed by atoms with Crippen LogP contribution in [0.3, 0.4) is 0 Å². The Morgan fingerprint density at radius 1 is 1.19 bits per heavy atom. The van der Waals surface area contributed by atoms with E-state index in [2.05, 4.69) is 15.7 Å².